The molecule has 0 saturated carbocycles. The van der Waals surface area contributed by atoms with E-state index in [1.54, 1.807) is 30.3 Å². The normalized spacial score (nSPS) is 14.2. The summed E-state index contributed by atoms with van der Waals surface area (Å²) in [6.45, 7) is 0. The zero-order valence-electron chi connectivity index (χ0n) is 17.1. The van der Waals surface area contributed by atoms with Gasteiger partial charge in [0.2, 0.25) is 5.91 Å². The highest BCUT2D eigenvalue weighted by molar-refractivity contribution is 8.41. The minimum absolute atomic E-state index is 0.0366. The lowest BCUT2D eigenvalue weighted by molar-refractivity contribution is -0.384. The Balaban J connectivity index is 1.29. The van der Waals surface area contributed by atoms with E-state index in [-0.39, 0.29) is 23.3 Å². The first kappa shape index (κ1) is 22.5. The molecular weight excluding hydrogens is 458 g/mol. The van der Waals surface area contributed by atoms with Crippen LogP contribution >= 0.6 is 23.5 Å². The number of nitro benzene ring substituents is 1. The van der Waals surface area contributed by atoms with Crippen LogP contribution in [0.3, 0.4) is 0 Å². The maximum Gasteiger partial charge on any atom is 0.285 e. The predicted molar refractivity (Wildman–Crippen MR) is 134 cm³/mol. The fourth-order valence-electron chi connectivity index (χ4n) is 3.00. The summed E-state index contributed by atoms with van der Waals surface area (Å²) in [5.74, 6) is -0.380. The SMILES string of the molecule is O=C(CSC1=NC(=O)C(=Cc2ccccc2)S1)Nc1ccc(-c2ccc([N+](=O)[O-])cc2)cc1. The van der Waals surface area contributed by atoms with E-state index in [1.807, 2.05) is 42.5 Å². The second-order valence-corrected chi connectivity index (χ2v) is 9.18. The first-order chi connectivity index (χ1) is 16.0. The third kappa shape index (κ3) is 5.97. The summed E-state index contributed by atoms with van der Waals surface area (Å²) in [5.41, 5.74) is 3.31. The Morgan fingerprint density at radius 3 is 2.27 bits per heavy atom. The van der Waals surface area contributed by atoms with Crippen LogP contribution < -0.4 is 5.32 Å². The van der Waals surface area contributed by atoms with Crippen LogP contribution in [0.4, 0.5) is 11.4 Å². The first-order valence-electron chi connectivity index (χ1n) is 9.83. The summed E-state index contributed by atoms with van der Waals surface area (Å²) >= 11 is 2.48. The summed E-state index contributed by atoms with van der Waals surface area (Å²) in [4.78, 5) is 39.3. The quantitative estimate of drug-likeness (QED) is 0.283. The number of benzene rings is 3. The summed E-state index contributed by atoms with van der Waals surface area (Å²) in [6, 6.07) is 23.0. The fraction of sp³-hybridized carbons (Fsp3) is 0.0417. The molecule has 3 aromatic rings. The van der Waals surface area contributed by atoms with Gasteiger partial charge in [-0.1, -0.05) is 66.0 Å². The molecule has 0 aromatic heterocycles. The maximum absolute atomic E-state index is 12.3. The molecule has 0 fully saturated rings. The van der Waals surface area contributed by atoms with Crippen LogP contribution in [0.2, 0.25) is 0 Å². The van der Waals surface area contributed by atoms with Crippen molar-refractivity contribution in [1.82, 2.24) is 0 Å². The number of carbonyl (C=O) groups excluding carboxylic acids is 2. The number of carbonyl (C=O) groups is 2. The molecule has 0 saturated heterocycles. The van der Waals surface area contributed by atoms with Gasteiger partial charge in [0.1, 0.15) is 4.38 Å². The molecule has 164 valence electrons. The van der Waals surface area contributed by atoms with Crippen LogP contribution in [0.1, 0.15) is 5.56 Å². The molecule has 1 aliphatic heterocycles. The van der Waals surface area contributed by atoms with Crippen LogP contribution in [-0.4, -0.2) is 26.9 Å². The molecule has 0 spiro atoms. The predicted octanol–water partition coefficient (Wildman–Crippen LogP) is 5.60. The molecule has 0 aliphatic carbocycles. The van der Waals surface area contributed by atoms with E-state index in [4.69, 9.17) is 0 Å². The number of thioether (sulfide) groups is 2. The Morgan fingerprint density at radius 2 is 1.64 bits per heavy atom. The molecule has 0 atom stereocenters. The van der Waals surface area contributed by atoms with Gasteiger partial charge in [-0.2, -0.15) is 4.99 Å². The lowest BCUT2D eigenvalue weighted by atomic mass is 10.1. The number of anilines is 1. The van der Waals surface area contributed by atoms with E-state index in [0.29, 0.717) is 15.0 Å². The van der Waals surface area contributed by atoms with Gasteiger partial charge < -0.3 is 5.32 Å². The number of amides is 2. The average molecular weight is 476 g/mol. The van der Waals surface area contributed by atoms with Crippen molar-refractivity contribution in [2.75, 3.05) is 11.1 Å². The molecule has 2 amide bonds. The minimum atomic E-state index is -0.438. The van der Waals surface area contributed by atoms with Crippen molar-refractivity contribution in [2.45, 2.75) is 0 Å². The Labute approximate surface area is 198 Å². The Bertz CT molecular complexity index is 1260. The smallest absolute Gasteiger partial charge is 0.285 e. The number of non-ortho nitro benzene ring substituents is 1. The lowest BCUT2D eigenvalue weighted by Crippen LogP contribution is -2.14. The van der Waals surface area contributed by atoms with E-state index in [9.17, 15) is 19.7 Å². The Hall–Kier alpha value is -3.69. The van der Waals surface area contributed by atoms with E-state index in [0.717, 1.165) is 16.7 Å². The summed E-state index contributed by atoms with van der Waals surface area (Å²) in [7, 11) is 0. The molecule has 9 heteroatoms. The number of nitrogens with one attached hydrogen (secondary N) is 1. The van der Waals surface area contributed by atoms with Gasteiger partial charge in [0.05, 0.1) is 15.6 Å². The van der Waals surface area contributed by atoms with Gasteiger partial charge >= 0.3 is 0 Å². The van der Waals surface area contributed by atoms with Gasteiger partial charge in [0.25, 0.3) is 11.6 Å². The highest BCUT2D eigenvalue weighted by Crippen LogP contribution is 2.33. The van der Waals surface area contributed by atoms with Gasteiger partial charge in [-0.05, 0) is 47.0 Å². The summed E-state index contributed by atoms with van der Waals surface area (Å²) in [5, 5.41) is 13.6. The number of nitrogens with zero attached hydrogens (tertiary/aromatic N) is 2. The first-order valence-corrected chi connectivity index (χ1v) is 11.6. The third-order valence-corrected chi connectivity index (χ3v) is 6.73. The van der Waals surface area contributed by atoms with E-state index >= 15 is 0 Å². The monoisotopic (exact) mass is 475 g/mol. The van der Waals surface area contributed by atoms with E-state index in [2.05, 4.69) is 10.3 Å². The van der Waals surface area contributed by atoms with Crippen molar-refractivity contribution in [1.29, 1.82) is 0 Å². The van der Waals surface area contributed by atoms with Crippen molar-refractivity contribution in [2.24, 2.45) is 4.99 Å². The van der Waals surface area contributed by atoms with Gasteiger partial charge in [0.15, 0.2) is 0 Å². The number of hydrogen-bond donors (Lipinski definition) is 1. The van der Waals surface area contributed by atoms with Crippen LogP contribution in [-0.2, 0) is 9.59 Å². The molecule has 33 heavy (non-hydrogen) atoms. The molecular formula is C24H17N3O4S2. The Morgan fingerprint density at radius 1 is 1.00 bits per heavy atom. The Kier molecular flexibility index (Phi) is 7.01. The van der Waals surface area contributed by atoms with Crippen molar-refractivity contribution < 1.29 is 14.5 Å². The molecule has 7 nitrogen and oxygen atoms in total. The van der Waals surface area contributed by atoms with Gasteiger partial charge in [-0.25, -0.2) is 0 Å². The molecule has 0 radical (unpaired) electrons. The van der Waals surface area contributed by atoms with E-state index < -0.39 is 4.92 Å². The topological polar surface area (TPSA) is 102 Å². The number of hydrogen-bond acceptors (Lipinski definition) is 6. The summed E-state index contributed by atoms with van der Waals surface area (Å²) in [6.07, 6.45) is 1.79. The highest BCUT2D eigenvalue weighted by Gasteiger charge is 2.22. The van der Waals surface area contributed by atoms with Gasteiger partial charge in [-0.15, -0.1) is 0 Å². The molecule has 3 aromatic carbocycles. The van der Waals surface area contributed by atoms with Crippen molar-refractivity contribution in [3.05, 3.63) is 99.4 Å². The second kappa shape index (κ2) is 10.3. The molecule has 0 unspecified atom stereocenters. The molecule has 4 rings (SSSR count). The number of nitro groups is 1. The molecule has 1 aliphatic rings. The second-order valence-electron chi connectivity index (χ2n) is 6.92. The zero-order chi connectivity index (χ0) is 23.2. The van der Waals surface area contributed by atoms with Gasteiger partial charge in [0, 0.05) is 17.8 Å². The average Bonchev–Trinajstić information content (AvgIpc) is 3.18. The van der Waals surface area contributed by atoms with Crippen LogP contribution in [0.5, 0.6) is 0 Å². The minimum Gasteiger partial charge on any atom is -0.325 e. The van der Waals surface area contributed by atoms with Crippen molar-refractivity contribution in [3.8, 4) is 11.1 Å². The molecule has 1 N–H and O–H groups in total. The number of rotatable bonds is 6. The lowest BCUT2D eigenvalue weighted by Gasteiger charge is -2.07. The third-order valence-electron chi connectivity index (χ3n) is 4.61. The summed E-state index contributed by atoms with van der Waals surface area (Å²) < 4.78 is 0.547. The van der Waals surface area contributed by atoms with E-state index in [1.165, 1.54) is 35.7 Å². The fourth-order valence-corrected chi connectivity index (χ4v) is 4.80. The number of aliphatic imine (C=N–C) groups is 1. The van der Waals surface area contributed by atoms with Crippen LogP contribution in [0, 0.1) is 10.1 Å². The van der Waals surface area contributed by atoms with Crippen LogP contribution in [0.25, 0.3) is 17.2 Å². The highest BCUT2D eigenvalue weighted by atomic mass is 32.2. The van der Waals surface area contributed by atoms with Crippen LogP contribution in [0.15, 0.2) is 88.8 Å². The zero-order valence-corrected chi connectivity index (χ0v) is 18.8. The molecule has 1 heterocycles. The van der Waals surface area contributed by atoms with Gasteiger partial charge in [-0.3, -0.25) is 19.7 Å². The standard InChI is InChI=1S/C24H17N3O4S2/c28-22(15-32-24-26-23(29)21(33-24)14-16-4-2-1-3-5-16)25-19-10-6-17(7-11-19)18-8-12-20(13-9-18)27(30)31/h1-14H,15H2,(H,25,28). The largest absolute Gasteiger partial charge is 0.325 e. The molecule has 0 bridgehead atoms. The van der Waals surface area contributed by atoms with Crippen molar-refractivity contribution >= 4 is 57.2 Å². The van der Waals surface area contributed by atoms with Crippen molar-refractivity contribution in [3.63, 3.8) is 0 Å². The maximum atomic E-state index is 12.3.